The van der Waals surface area contributed by atoms with Gasteiger partial charge < -0.3 is 11.1 Å². The maximum atomic E-state index is 11.0. The van der Waals surface area contributed by atoms with Gasteiger partial charge in [0, 0.05) is 12.2 Å². The normalized spacial score (nSPS) is 9.14. The van der Waals surface area contributed by atoms with E-state index in [0.29, 0.717) is 12.2 Å². The van der Waals surface area contributed by atoms with E-state index >= 15 is 0 Å². The summed E-state index contributed by atoms with van der Waals surface area (Å²) in [5, 5.41) is 10.9. The molecule has 1 rings (SSSR count). The van der Waals surface area contributed by atoms with Crippen molar-refractivity contribution in [1.82, 2.24) is 0 Å². The molecule has 0 aliphatic heterocycles. The van der Waals surface area contributed by atoms with Crippen molar-refractivity contribution >= 4 is 11.6 Å². The number of nitrogens with zero attached hydrogens (tertiary/aromatic N) is 1. The summed E-state index contributed by atoms with van der Waals surface area (Å²) in [4.78, 5) is 11.0. The van der Waals surface area contributed by atoms with E-state index in [0.717, 1.165) is 5.56 Å². The number of benzene rings is 1. The van der Waals surface area contributed by atoms with Gasteiger partial charge in [-0.25, -0.2) is 0 Å². The Bertz CT molecular complexity index is 351. The van der Waals surface area contributed by atoms with Crippen LogP contribution in [0.2, 0.25) is 0 Å². The van der Waals surface area contributed by atoms with Crippen LogP contribution in [0, 0.1) is 11.3 Å². The van der Waals surface area contributed by atoms with E-state index in [1.54, 1.807) is 18.2 Å². The Morgan fingerprint density at radius 2 is 2.07 bits per heavy atom. The molecule has 0 radical (unpaired) electrons. The number of carbonyl (C=O) groups is 1. The van der Waals surface area contributed by atoms with Gasteiger partial charge in [0.15, 0.2) is 0 Å². The number of rotatable bonds is 3. The predicted molar refractivity (Wildman–Crippen MR) is 53.2 cm³/mol. The minimum Gasteiger partial charge on any atom is -0.326 e. The molecule has 0 aliphatic carbocycles. The average Bonchev–Trinajstić information content (AvgIpc) is 2.19. The fraction of sp³-hybridized carbons (Fsp3) is 0.200. The molecule has 1 aromatic carbocycles. The first-order valence-corrected chi connectivity index (χ1v) is 4.22. The van der Waals surface area contributed by atoms with Gasteiger partial charge in [-0.1, -0.05) is 12.1 Å². The quantitative estimate of drug-likeness (QED) is 0.744. The van der Waals surface area contributed by atoms with E-state index in [-0.39, 0.29) is 12.3 Å². The zero-order chi connectivity index (χ0) is 10.4. The minimum atomic E-state index is -0.298. The van der Waals surface area contributed by atoms with Gasteiger partial charge >= 0.3 is 0 Å². The van der Waals surface area contributed by atoms with Crippen molar-refractivity contribution in [2.75, 3.05) is 5.32 Å². The van der Waals surface area contributed by atoms with Crippen molar-refractivity contribution in [2.24, 2.45) is 5.73 Å². The highest BCUT2D eigenvalue weighted by Crippen LogP contribution is 2.08. The smallest absolute Gasteiger partial charge is 0.238 e. The molecule has 0 heterocycles. The van der Waals surface area contributed by atoms with Crippen LogP contribution in [0.5, 0.6) is 0 Å². The molecule has 3 N–H and O–H groups in total. The summed E-state index contributed by atoms with van der Waals surface area (Å²) >= 11 is 0. The molecule has 1 aromatic rings. The van der Waals surface area contributed by atoms with Crippen molar-refractivity contribution in [2.45, 2.75) is 13.0 Å². The van der Waals surface area contributed by atoms with Gasteiger partial charge in [0.25, 0.3) is 0 Å². The van der Waals surface area contributed by atoms with E-state index in [4.69, 9.17) is 11.0 Å². The van der Waals surface area contributed by atoms with E-state index < -0.39 is 0 Å². The van der Waals surface area contributed by atoms with Crippen molar-refractivity contribution in [3.05, 3.63) is 29.8 Å². The van der Waals surface area contributed by atoms with Crippen LogP contribution in [-0.4, -0.2) is 5.91 Å². The number of amides is 1. The molecule has 0 saturated heterocycles. The van der Waals surface area contributed by atoms with Crippen LogP contribution < -0.4 is 11.1 Å². The Balaban J connectivity index is 2.60. The lowest BCUT2D eigenvalue weighted by molar-refractivity contribution is -0.115. The first-order valence-electron chi connectivity index (χ1n) is 4.22. The highest BCUT2D eigenvalue weighted by atomic mass is 16.1. The topological polar surface area (TPSA) is 78.9 Å². The van der Waals surface area contributed by atoms with Crippen LogP contribution in [-0.2, 0) is 11.3 Å². The number of carbonyl (C=O) groups excluding carboxylic acids is 1. The molecule has 0 bridgehead atoms. The Kier molecular flexibility index (Phi) is 3.65. The second-order valence-corrected chi connectivity index (χ2v) is 2.78. The third kappa shape index (κ3) is 2.88. The number of nitrogens with two attached hydrogens (primary N) is 1. The fourth-order valence-corrected chi connectivity index (χ4v) is 1.00. The summed E-state index contributed by atoms with van der Waals surface area (Å²) in [5.74, 6) is -0.298. The molecule has 4 heteroatoms. The standard InChI is InChI=1S/C10H11N3O/c11-6-5-10(14)13-9-3-1-8(7-12)2-4-9/h1-4H,5,7,12H2,(H,13,14). The molecular weight excluding hydrogens is 178 g/mol. The monoisotopic (exact) mass is 189 g/mol. The summed E-state index contributed by atoms with van der Waals surface area (Å²) in [6, 6.07) is 8.97. The summed E-state index contributed by atoms with van der Waals surface area (Å²) in [6.07, 6.45) is -0.126. The summed E-state index contributed by atoms with van der Waals surface area (Å²) in [5.41, 5.74) is 7.10. The van der Waals surface area contributed by atoms with E-state index in [1.165, 1.54) is 0 Å². The highest BCUT2D eigenvalue weighted by molar-refractivity contribution is 5.91. The zero-order valence-electron chi connectivity index (χ0n) is 7.66. The van der Waals surface area contributed by atoms with Gasteiger partial charge in [0.05, 0.1) is 6.07 Å². The second-order valence-electron chi connectivity index (χ2n) is 2.78. The molecule has 0 aromatic heterocycles. The van der Waals surface area contributed by atoms with Crippen LogP contribution in [0.15, 0.2) is 24.3 Å². The molecule has 0 unspecified atom stereocenters. The number of nitrogens with one attached hydrogen (secondary N) is 1. The molecule has 0 atom stereocenters. The molecule has 14 heavy (non-hydrogen) atoms. The Morgan fingerprint density at radius 1 is 1.43 bits per heavy atom. The molecule has 0 spiro atoms. The van der Waals surface area contributed by atoms with Gasteiger partial charge in [-0.05, 0) is 17.7 Å². The van der Waals surface area contributed by atoms with Crippen molar-refractivity contribution < 1.29 is 4.79 Å². The minimum absolute atomic E-state index is 0.126. The summed E-state index contributed by atoms with van der Waals surface area (Å²) < 4.78 is 0. The van der Waals surface area contributed by atoms with E-state index in [2.05, 4.69) is 5.32 Å². The number of nitriles is 1. The maximum absolute atomic E-state index is 11.0. The van der Waals surface area contributed by atoms with Gasteiger partial charge in [0.1, 0.15) is 6.42 Å². The molecule has 0 fully saturated rings. The van der Waals surface area contributed by atoms with Crippen molar-refractivity contribution in [1.29, 1.82) is 5.26 Å². The molecular formula is C10H11N3O. The maximum Gasteiger partial charge on any atom is 0.238 e. The summed E-state index contributed by atoms with van der Waals surface area (Å²) in [7, 11) is 0. The van der Waals surface area contributed by atoms with Crippen LogP contribution in [0.4, 0.5) is 5.69 Å². The van der Waals surface area contributed by atoms with Crippen LogP contribution in [0.1, 0.15) is 12.0 Å². The van der Waals surface area contributed by atoms with Crippen LogP contribution in [0.25, 0.3) is 0 Å². The largest absolute Gasteiger partial charge is 0.326 e. The molecule has 0 saturated carbocycles. The average molecular weight is 189 g/mol. The van der Waals surface area contributed by atoms with Gasteiger partial charge in [-0.15, -0.1) is 0 Å². The lowest BCUT2D eigenvalue weighted by Crippen LogP contribution is -2.10. The first-order chi connectivity index (χ1) is 6.76. The Labute approximate surface area is 82.3 Å². The number of hydrogen-bond donors (Lipinski definition) is 2. The van der Waals surface area contributed by atoms with Gasteiger partial charge in [-0.2, -0.15) is 5.26 Å². The Hall–Kier alpha value is -1.86. The molecule has 72 valence electrons. The molecule has 4 nitrogen and oxygen atoms in total. The van der Waals surface area contributed by atoms with Crippen molar-refractivity contribution in [3.8, 4) is 6.07 Å². The van der Waals surface area contributed by atoms with Crippen molar-refractivity contribution in [3.63, 3.8) is 0 Å². The van der Waals surface area contributed by atoms with E-state index in [1.807, 2.05) is 12.1 Å². The second kappa shape index (κ2) is 5.00. The van der Waals surface area contributed by atoms with Crippen LogP contribution >= 0.6 is 0 Å². The number of hydrogen-bond acceptors (Lipinski definition) is 3. The number of anilines is 1. The zero-order valence-corrected chi connectivity index (χ0v) is 7.66. The lowest BCUT2D eigenvalue weighted by atomic mass is 10.2. The van der Waals surface area contributed by atoms with Crippen LogP contribution in [0.3, 0.4) is 0 Å². The molecule has 1 amide bonds. The first kappa shape index (κ1) is 10.2. The lowest BCUT2D eigenvalue weighted by Gasteiger charge is -2.03. The third-order valence-corrected chi connectivity index (χ3v) is 1.71. The highest BCUT2D eigenvalue weighted by Gasteiger charge is 2.00. The summed E-state index contributed by atoms with van der Waals surface area (Å²) in [6.45, 7) is 0.479. The van der Waals surface area contributed by atoms with E-state index in [9.17, 15) is 4.79 Å². The SMILES string of the molecule is N#CCC(=O)Nc1ccc(CN)cc1. The molecule has 0 aliphatic rings. The predicted octanol–water partition coefficient (Wildman–Crippen LogP) is 0.997. The Morgan fingerprint density at radius 3 is 2.57 bits per heavy atom. The van der Waals surface area contributed by atoms with Gasteiger partial charge in [-0.3, -0.25) is 4.79 Å². The van der Waals surface area contributed by atoms with Gasteiger partial charge in [0.2, 0.25) is 5.91 Å². The fourth-order valence-electron chi connectivity index (χ4n) is 1.00. The third-order valence-electron chi connectivity index (χ3n) is 1.71.